The minimum absolute atomic E-state index is 0.0365. The maximum atomic E-state index is 13.5. The van der Waals surface area contributed by atoms with E-state index in [-0.39, 0.29) is 9.80 Å². The molecule has 152 valence electrons. The fraction of sp³-hybridized carbons (Fsp3) is 0.125. The van der Waals surface area contributed by atoms with E-state index in [2.05, 4.69) is 0 Å². The van der Waals surface area contributed by atoms with Gasteiger partial charge in [0.1, 0.15) is 10.9 Å². The van der Waals surface area contributed by atoms with Crippen molar-refractivity contribution in [1.82, 2.24) is 0 Å². The second-order valence-corrected chi connectivity index (χ2v) is 9.27. The Hall–Kier alpha value is -3.38. The Kier molecular flexibility index (Phi) is 4.95. The van der Waals surface area contributed by atoms with Crippen LogP contribution in [0, 0.1) is 13.8 Å². The van der Waals surface area contributed by atoms with Crippen molar-refractivity contribution in [3.63, 3.8) is 0 Å². The fourth-order valence-corrected chi connectivity index (χ4v) is 5.23. The number of nitrogens with zero attached hydrogens (tertiary/aromatic N) is 1. The van der Waals surface area contributed by atoms with Crippen LogP contribution in [0.2, 0.25) is 0 Å². The topological polar surface area (TPSA) is 74.7 Å². The second-order valence-electron chi connectivity index (χ2n) is 7.35. The fourth-order valence-electron chi connectivity index (χ4n) is 3.61. The largest absolute Gasteiger partial charge is 0.502 e. The molecule has 0 bridgehead atoms. The second kappa shape index (κ2) is 7.46. The van der Waals surface area contributed by atoms with Crippen molar-refractivity contribution in [2.45, 2.75) is 24.8 Å². The molecule has 0 saturated carbocycles. The van der Waals surface area contributed by atoms with Gasteiger partial charge in [-0.1, -0.05) is 65.7 Å². The van der Waals surface area contributed by atoms with Gasteiger partial charge in [-0.25, -0.2) is 8.42 Å². The summed E-state index contributed by atoms with van der Waals surface area (Å²) in [4.78, 5) is 14.1. The SMILES string of the molecule is Cc1ccc([C@@H]2C(S(=O)(=O)c3ccc(C)cc3)=C(O)C(=O)N2c2ccccc2)cc1. The summed E-state index contributed by atoms with van der Waals surface area (Å²) in [5, 5.41) is 10.7. The van der Waals surface area contributed by atoms with Gasteiger partial charge in [-0.2, -0.15) is 0 Å². The van der Waals surface area contributed by atoms with Crippen LogP contribution in [0.15, 0.2) is 94.4 Å². The maximum Gasteiger partial charge on any atom is 0.295 e. The molecule has 0 unspecified atom stereocenters. The van der Waals surface area contributed by atoms with Crippen molar-refractivity contribution < 1.29 is 18.3 Å². The predicted octanol–water partition coefficient (Wildman–Crippen LogP) is 4.63. The molecule has 4 rings (SSSR count). The molecule has 1 aliphatic heterocycles. The summed E-state index contributed by atoms with van der Waals surface area (Å²) in [5.41, 5.74) is 3.03. The molecule has 1 heterocycles. The number of aryl methyl sites for hydroxylation is 2. The Morgan fingerprint density at radius 1 is 0.800 bits per heavy atom. The van der Waals surface area contributed by atoms with Gasteiger partial charge in [0.25, 0.3) is 5.91 Å². The first-order valence-corrected chi connectivity index (χ1v) is 11.0. The van der Waals surface area contributed by atoms with Crippen molar-refractivity contribution in [1.29, 1.82) is 0 Å². The van der Waals surface area contributed by atoms with Crippen LogP contribution in [-0.2, 0) is 14.6 Å². The Morgan fingerprint density at radius 2 is 1.33 bits per heavy atom. The summed E-state index contributed by atoms with van der Waals surface area (Å²) in [6.07, 6.45) is 0. The number of aliphatic hydroxyl groups is 1. The summed E-state index contributed by atoms with van der Waals surface area (Å²) < 4.78 is 27.1. The van der Waals surface area contributed by atoms with Crippen molar-refractivity contribution in [3.8, 4) is 0 Å². The standard InChI is InChI=1S/C24H21NO4S/c1-16-8-12-18(13-9-16)21-23(30(28,29)20-14-10-17(2)11-15-20)22(26)24(27)25(21)19-6-4-3-5-7-19/h3-15,21,26H,1-2H3/t21-/m1/s1. The monoisotopic (exact) mass is 419 g/mol. The highest BCUT2D eigenvalue weighted by Gasteiger charge is 2.47. The Labute approximate surface area is 175 Å². The van der Waals surface area contributed by atoms with Gasteiger partial charge in [0.05, 0.1) is 4.90 Å². The van der Waals surface area contributed by atoms with Crippen LogP contribution in [0.25, 0.3) is 0 Å². The average Bonchev–Trinajstić information content (AvgIpc) is 3.01. The molecule has 1 atom stereocenters. The van der Waals surface area contributed by atoms with Gasteiger partial charge in [-0.05, 0) is 43.7 Å². The maximum absolute atomic E-state index is 13.5. The molecule has 0 saturated heterocycles. The molecule has 3 aromatic rings. The van der Waals surface area contributed by atoms with Crippen LogP contribution in [0.1, 0.15) is 22.7 Å². The number of aliphatic hydroxyl groups excluding tert-OH is 1. The average molecular weight is 420 g/mol. The van der Waals surface area contributed by atoms with Gasteiger partial charge in [-0.15, -0.1) is 0 Å². The Morgan fingerprint density at radius 3 is 1.90 bits per heavy atom. The van der Waals surface area contributed by atoms with E-state index in [9.17, 15) is 18.3 Å². The molecular weight excluding hydrogens is 398 g/mol. The molecule has 1 amide bonds. The number of rotatable bonds is 4. The van der Waals surface area contributed by atoms with E-state index in [0.29, 0.717) is 11.3 Å². The molecule has 0 spiro atoms. The summed E-state index contributed by atoms with van der Waals surface area (Å²) in [6.45, 7) is 3.79. The Balaban J connectivity index is 1.94. The number of hydrogen-bond acceptors (Lipinski definition) is 4. The zero-order valence-corrected chi connectivity index (χ0v) is 17.4. The Bertz CT molecular complexity index is 1230. The first kappa shape index (κ1) is 19.9. The molecule has 0 aliphatic carbocycles. The lowest BCUT2D eigenvalue weighted by molar-refractivity contribution is -0.117. The normalized spacial score (nSPS) is 16.9. The number of carbonyl (C=O) groups excluding carboxylic acids is 1. The van der Waals surface area contributed by atoms with Gasteiger partial charge in [-0.3, -0.25) is 9.69 Å². The quantitative estimate of drug-likeness (QED) is 0.669. The smallest absolute Gasteiger partial charge is 0.295 e. The molecule has 0 fully saturated rings. The number of para-hydroxylation sites is 1. The van der Waals surface area contributed by atoms with E-state index in [1.807, 2.05) is 32.0 Å². The van der Waals surface area contributed by atoms with Gasteiger partial charge >= 0.3 is 0 Å². The summed E-state index contributed by atoms with van der Waals surface area (Å²) in [7, 11) is -4.12. The van der Waals surface area contributed by atoms with Crippen molar-refractivity contribution in [2.24, 2.45) is 0 Å². The first-order chi connectivity index (χ1) is 14.3. The lowest BCUT2D eigenvalue weighted by Gasteiger charge is -2.27. The van der Waals surface area contributed by atoms with Gasteiger partial charge in [0, 0.05) is 5.69 Å². The van der Waals surface area contributed by atoms with Crippen LogP contribution >= 0.6 is 0 Å². The van der Waals surface area contributed by atoms with Crippen LogP contribution < -0.4 is 4.90 Å². The molecule has 1 aliphatic rings. The number of anilines is 1. The molecule has 30 heavy (non-hydrogen) atoms. The number of sulfone groups is 1. The predicted molar refractivity (Wildman–Crippen MR) is 116 cm³/mol. The van der Waals surface area contributed by atoms with Crippen LogP contribution in [0.4, 0.5) is 5.69 Å². The van der Waals surface area contributed by atoms with Crippen molar-refractivity contribution in [3.05, 3.63) is 106 Å². The van der Waals surface area contributed by atoms with Crippen molar-refractivity contribution in [2.75, 3.05) is 4.90 Å². The number of hydrogen-bond donors (Lipinski definition) is 1. The van der Waals surface area contributed by atoms with E-state index in [1.54, 1.807) is 48.5 Å². The minimum atomic E-state index is -4.12. The zero-order valence-electron chi connectivity index (χ0n) is 16.6. The van der Waals surface area contributed by atoms with Gasteiger partial charge < -0.3 is 5.11 Å². The molecule has 0 radical (unpaired) electrons. The third-order valence-corrected chi connectivity index (χ3v) is 7.10. The lowest BCUT2D eigenvalue weighted by Crippen LogP contribution is -2.31. The van der Waals surface area contributed by atoms with E-state index in [0.717, 1.165) is 11.1 Å². The number of carbonyl (C=O) groups is 1. The van der Waals surface area contributed by atoms with Gasteiger partial charge in [0.2, 0.25) is 9.84 Å². The number of benzene rings is 3. The summed E-state index contributed by atoms with van der Waals surface area (Å²) >= 11 is 0. The molecule has 1 N–H and O–H groups in total. The third kappa shape index (κ3) is 3.29. The molecule has 6 heteroatoms. The highest BCUT2D eigenvalue weighted by Crippen LogP contribution is 2.44. The third-order valence-electron chi connectivity index (χ3n) is 5.21. The van der Waals surface area contributed by atoms with Crippen LogP contribution in [0.5, 0.6) is 0 Å². The van der Waals surface area contributed by atoms with Crippen LogP contribution in [-0.4, -0.2) is 19.4 Å². The van der Waals surface area contributed by atoms with Gasteiger partial charge in [0.15, 0.2) is 5.76 Å². The van der Waals surface area contributed by atoms with Crippen LogP contribution in [0.3, 0.4) is 0 Å². The lowest BCUT2D eigenvalue weighted by atomic mass is 10.0. The molecule has 5 nitrogen and oxygen atoms in total. The molecular formula is C24H21NO4S. The summed E-state index contributed by atoms with van der Waals surface area (Å²) in [6, 6.07) is 21.4. The first-order valence-electron chi connectivity index (χ1n) is 9.51. The summed E-state index contributed by atoms with van der Waals surface area (Å²) in [5.74, 6) is -1.48. The van der Waals surface area contributed by atoms with E-state index < -0.39 is 27.5 Å². The minimum Gasteiger partial charge on any atom is -0.502 e. The highest BCUT2D eigenvalue weighted by molar-refractivity contribution is 7.95. The molecule has 3 aromatic carbocycles. The zero-order chi connectivity index (χ0) is 21.5. The van der Waals surface area contributed by atoms with E-state index in [1.165, 1.54) is 17.0 Å². The number of amides is 1. The molecule has 0 aromatic heterocycles. The van der Waals surface area contributed by atoms with Crippen molar-refractivity contribution >= 4 is 21.4 Å². The van der Waals surface area contributed by atoms with E-state index in [4.69, 9.17) is 0 Å². The van der Waals surface area contributed by atoms with E-state index >= 15 is 0 Å². The highest BCUT2D eigenvalue weighted by atomic mass is 32.2.